The van der Waals surface area contributed by atoms with Crippen molar-refractivity contribution in [3.63, 3.8) is 0 Å². The predicted molar refractivity (Wildman–Crippen MR) is 105 cm³/mol. The van der Waals surface area contributed by atoms with Crippen LogP contribution >= 0.6 is 0 Å². The monoisotopic (exact) mass is 400 g/mol. The zero-order chi connectivity index (χ0) is 20.5. The van der Waals surface area contributed by atoms with Crippen LogP contribution in [0.25, 0.3) is 0 Å². The van der Waals surface area contributed by atoms with E-state index in [9.17, 15) is 9.59 Å². The smallest absolute Gasteiger partial charge is 0.331 e. The maximum Gasteiger partial charge on any atom is 0.331 e. The Hall–Kier alpha value is -1.44. The number of methoxy groups -OCH3 is 1. The number of cyclic esters (lactones) is 1. The van der Waals surface area contributed by atoms with Gasteiger partial charge in [0.1, 0.15) is 6.61 Å². The van der Waals surface area contributed by atoms with E-state index in [-0.39, 0.29) is 19.4 Å². The Bertz CT molecular complexity index is 462. The molecule has 1 rings (SSSR count). The summed E-state index contributed by atoms with van der Waals surface area (Å²) in [6.45, 7) is 3.02. The molecule has 7 nitrogen and oxygen atoms in total. The second-order valence-corrected chi connectivity index (χ2v) is 6.91. The third-order valence-electron chi connectivity index (χ3n) is 4.44. The number of hydrogen-bond acceptors (Lipinski definition) is 7. The average Bonchev–Trinajstić information content (AvgIpc) is 3.12. The highest BCUT2D eigenvalue weighted by Crippen LogP contribution is 2.17. The zero-order valence-corrected chi connectivity index (χ0v) is 17.4. The van der Waals surface area contributed by atoms with Gasteiger partial charge in [0.05, 0.1) is 13.2 Å². The fourth-order valence-corrected chi connectivity index (χ4v) is 2.81. The highest BCUT2D eigenvalue weighted by Gasteiger charge is 2.26. The van der Waals surface area contributed by atoms with Crippen LogP contribution in [0.1, 0.15) is 71.1 Å². The van der Waals surface area contributed by atoms with E-state index in [1.807, 2.05) is 0 Å². The molecule has 1 aliphatic heterocycles. The minimum Gasteiger partial charge on any atom is -0.458 e. The minimum absolute atomic E-state index is 0.0624. The molecule has 1 heterocycles. The lowest BCUT2D eigenvalue weighted by Gasteiger charge is -2.18. The van der Waals surface area contributed by atoms with Crippen molar-refractivity contribution in [1.82, 2.24) is 0 Å². The Kier molecular flexibility index (Phi) is 14.5. The largest absolute Gasteiger partial charge is 0.458 e. The molecule has 0 bridgehead atoms. The third-order valence-corrected chi connectivity index (χ3v) is 4.44. The molecule has 0 fully saturated rings. The molecule has 0 aromatic carbocycles. The molecule has 0 saturated heterocycles. The van der Waals surface area contributed by atoms with Crippen molar-refractivity contribution >= 4 is 11.9 Å². The minimum atomic E-state index is -0.958. The van der Waals surface area contributed by atoms with Gasteiger partial charge in [0.25, 0.3) is 0 Å². The van der Waals surface area contributed by atoms with Gasteiger partial charge in [-0.25, -0.2) is 4.79 Å². The number of carbonyl (C=O) groups is 2. The topological polar surface area (TPSA) is 80.3 Å². The molecule has 28 heavy (non-hydrogen) atoms. The molecule has 0 aromatic heterocycles. The molecule has 0 N–H and O–H groups in total. The quantitative estimate of drug-likeness (QED) is 0.196. The molecule has 1 unspecified atom stereocenters. The second kappa shape index (κ2) is 16.5. The molecule has 7 heteroatoms. The van der Waals surface area contributed by atoms with E-state index in [0.29, 0.717) is 25.2 Å². The number of hydrogen-bond donors (Lipinski definition) is 0. The van der Waals surface area contributed by atoms with Crippen molar-refractivity contribution in [2.75, 3.05) is 33.7 Å². The van der Waals surface area contributed by atoms with Crippen LogP contribution in [0.2, 0.25) is 0 Å². The highest BCUT2D eigenvalue weighted by molar-refractivity contribution is 5.85. The number of unbranched alkanes of at least 4 members (excludes halogenated alkanes) is 8. The van der Waals surface area contributed by atoms with Gasteiger partial charge in [0, 0.05) is 25.2 Å². The van der Waals surface area contributed by atoms with Crippen LogP contribution in [-0.4, -0.2) is 52.0 Å². The van der Waals surface area contributed by atoms with Gasteiger partial charge < -0.3 is 23.7 Å². The van der Waals surface area contributed by atoms with Crippen LogP contribution in [0, 0.1) is 0 Å². The fraction of sp³-hybridized carbons (Fsp3) is 0.810. The molecule has 0 radical (unpaired) electrons. The first-order valence-corrected chi connectivity index (χ1v) is 10.4. The molecular formula is C21H36O7. The van der Waals surface area contributed by atoms with E-state index in [2.05, 4.69) is 6.92 Å². The first kappa shape index (κ1) is 24.6. The second-order valence-electron chi connectivity index (χ2n) is 6.91. The molecular weight excluding hydrogens is 364 g/mol. The van der Waals surface area contributed by atoms with Gasteiger partial charge in [-0.2, -0.15) is 0 Å². The van der Waals surface area contributed by atoms with E-state index in [1.54, 1.807) is 7.11 Å². The van der Waals surface area contributed by atoms with Gasteiger partial charge in [-0.1, -0.05) is 58.3 Å². The molecule has 0 spiro atoms. The summed E-state index contributed by atoms with van der Waals surface area (Å²) in [5, 5.41) is 0. The van der Waals surface area contributed by atoms with Crippen molar-refractivity contribution in [2.45, 2.75) is 77.4 Å². The van der Waals surface area contributed by atoms with Crippen LogP contribution in [0.4, 0.5) is 0 Å². The van der Waals surface area contributed by atoms with Gasteiger partial charge in [0.15, 0.2) is 6.79 Å². The van der Waals surface area contributed by atoms with Crippen molar-refractivity contribution in [2.24, 2.45) is 0 Å². The Labute approximate surface area is 168 Å². The fourth-order valence-electron chi connectivity index (χ4n) is 2.81. The molecule has 0 amide bonds. The van der Waals surface area contributed by atoms with Gasteiger partial charge >= 0.3 is 11.9 Å². The van der Waals surface area contributed by atoms with Crippen LogP contribution in [0.5, 0.6) is 0 Å². The van der Waals surface area contributed by atoms with Crippen LogP contribution < -0.4 is 0 Å². The van der Waals surface area contributed by atoms with Gasteiger partial charge in [0.2, 0.25) is 6.29 Å². The maximum absolute atomic E-state index is 12.1. The summed E-state index contributed by atoms with van der Waals surface area (Å²) in [6, 6.07) is 0. The Balaban J connectivity index is 2.21. The van der Waals surface area contributed by atoms with Crippen molar-refractivity contribution < 1.29 is 33.3 Å². The van der Waals surface area contributed by atoms with Gasteiger partial charge in [-0.05, 0) is 6.42 Å². The Morgan fingerprint density at radius 2 is 1.75 bits per heavy atom. The number of ether oxygens (including phenoxy) is 5. The molecule has 0 saturated carbocycles. The lowest BCUT2D eigenvalue weighted by atomic mass is 10.1. The average molecular weight is 401 g/mol. The van der Waals surface area contributed by atoms with Crippen LogP contribution in [0.3, 0.4) is 0 Å². The normalized spacial score (nSPS) is 14.6. The summed E-state index contributed by atoms with van der Waals surface area (Å²) >= 11 is 0. The van der Waals surface area contributed by atoms with Crippen molar-refractivity contribution in [3.05, 3.63) is 11.6 Å². The van der Waals surface area contributed by atoms with E-state index in [1.165, 1.54) is 44.6 Å². The summed E-state index contributed by atoms with van der Waals surface area (Å²) in [5.41, 5.74) is 0.487. The SMILES string of the molecule is CCCCCCCCCCCC(=O)OC(OCOCCOC)C1=CC(=O)OC1. The summed E-state index contributed by atoms with van der Waals surface area (Å²) in [4.78, 5) is 23.4. The van der Waals surface area contributed by atoms with E-state index < -0.39 is 12.3 Å². The zero-order valence-electron chi connectivity index (χ0n) is 17.4. The summed E-state index contributed by atoms with van der Waals surface area (Å²) < 4.78 is 25.8. The lowest BCUT2D eigenvalue weighted by molar-refractivity contribution is -0.193. The van der Waals surface area contributed by atoms with Crippen LogP contribution in [-0.2, 0) is 33.3 Å². The molecule has 1 atom stereocenters. The standard InChI is InChI=1S/C21H36O7/c1-3-4-5-6-7-8-9-10-11-12-19(22)28-21(18-15-20(23)26-16-18)27-17-25-14-13-24-2/h15,21H,3-14,16-17H2,1-2H3. The highest BCUT2D eigenvalue weighted by atomic mass is 16.8. The van der Waals surface area contributed by atoms with Crippen LogP contribution in [0.15, 0.2) is 11.6 Å². The van der Waals surface area contributed by atoms with Crippen molar-refractivity contribution in [3.8, 4) is 0 Å². The number of esters is 2. The van der Waals surface area contributed by atoms with E-state index in [4.69, 9.17) is 23.7 Å². The van der Waals surface area contributed by atoms with E-state index >= 15 is 0 Å². The first-order valence-electron chi connectivity index (χ1n) is 10.4. The van der Waals surface area contributed by atoms with Gasteiger partial charge in [-0.3, -0.25) is 4.79 Å². The number of carbonyl (C=O) groups excluding carboxylic acids is 2. The number of rotatable bonds is 18. The Morgan fingerprint density at radius 1 is 1.07 bits per heavy atom. The van der Waals surface area contributed by atoms with Crippen molar-refractivity contribution in [1.29, 1.82) is 0 Å². The summed E-state index contributed by atoms with van der Waals surface area (Å²) in [7, 11) is 1.58. The molecule has 162 valence electrons. The van der Waals surface area contributed by atoms with Gasteiger partial charge in [-0.15, -0.1) is 0 Å². The molecule has 0 aliphatic carbocycles. The molecule has 0 aromatic rings. The first-order chi connectivity index (χ1) is 13.7. The lowest BCUT2D eigenvalue weighted by Crippen LogP contribution is -2.26. The van der Waals surface area contributed by atoms with E-state index in [0.717, 1.165) is 19.3 Å². The summed E-state index contributed by atoms with van der Waals surface area (Å²) in [6.07, 6.45) is 11.3. The third kappa shape index (κ3) is 12.1. The Morgan fingerprint density at radius 3 is 2.36 bits per heavy atom. The maximum atomic E-state index is 12.1. The molecule has 1 aliphatic rings. The summed E-state index contributed by atoms with van der Waals surface area (Å²) in [5.74, 6) is -0.802. The predicted octanol–water partition coefficient (Wildman–Crippen LogP) is 3.90.